The maximum Gasteiger partial charge on any atom is 0.416 e. The highest BCUT2D eigenvalue weighted by atomic mass is 19.4. The zero-order valence-electron chi connectivity index (χ0n) is 15.2. The van der Waals surface area contributed by atoms with Crippen molar-refractivity contribution < 1.29 is 32.4 Å². The Morgan fingerprint density at radius 2 is 1.79 bits per heavy atom. The second-order valence-electron chi connectivity index (χ2n) is 6.15. The van der Waals surface area contributed by atoms with E-state index in [4.69, 9.17) is 0 Å². The summed E-state index contributed by atoms with van der Waals surface area (Å²) in [5.74, 6) is -1.41. The Hall–Kier alpha value is -3.43. The number of halogens is 3. The molecule has 0 aliphatic heterocycles. The normalized spacial score (nSPS) is 12.1. The van der Waals surface area contributed by atoms with E-state index < -0.39 is 34.6 Å². The van der Waals surface area contributed by atoms with Gasteiger partial charge in [-0.05, 0) is 17.2 Å². The van der Waals surface area contributed by atoms with Crippen LogP contribution in [0.2, 0.25) is 0 Å². The van der Waals surface area contributed by atoms with Crippen molar-refractivity contribution in [2.45, 2.75) is 25.1 Å². The van der Waals surface area contributed by atoms with Crippen LogP contribution in [-0.4, -0.2) is 30.0 Å². The van der Waals surface area contributed by atoms with Gasteiger partial charge >= 0.3 is 12.1 Å². The molecule has 0 aromatic heterocycles. The van der Waals surface area contributed by atoms with E-state index in [-0.39, 0.29) is 24.1 Å². The fraction of sp³-hybridized carbons (Fsp3) is 0.263. The van der Waals surface area contributed by atoms with Gasteiger partial charge in [-0.25, -0.2) is 4.79 Å². The Kier molecular flexibility index (Phi) is 6.92. The first-order valence-corrected chi connectivity index (χ1v) is 8.37. The molecule has 154 valence electrons. The number of carbonyl (C=O) groups is 2. The number of amides is 1. The Morgan fingerprint density at radius 3 is 2.34 bits per heavy atom. The number of methoxy groups -OCH3 is 1. The number of nitro benzene ring substituents is 1. The van der Waals surface area contributed by atoms with Crippen molar-refractivity contribution in [1.29, 1.82) is 0 Å². The molecule has 2 rings (SSSR count). The maximum atomic E-state index is 12.8. The monoisotopic (exact) mass is 410 g/mol. The average molecular weight is 410 g/mol. The van der Waals surface area contributed by atoms with Crippen LogP contribution in [0, 0.1) is 10.1 Å². The SMILES string of the molecule is COC(=O)[C@H](Cc1ccc([N+](=O)[O-])cc1)NC(=O)Cc1cccc(C(F)(F)F)c1. The first-order chi connectivity index (χ1) is 13.6. The smallest absolute Gasteiger partial charge is 0.416 e. The largest absolute Gasteiger partial charge is 0.467 e. The predicted molar refractivity (Wildman–Crippen MR) is 95.9 cm³/mol. The summed E-state index contributed by atoms with van der Waals surface area (Å²) >= 11 is 0. The molecule has 0 radical (unpaired) electrons. The summed E-state index contributed by atoms with van der Waals surface area (Å²) in [6, 6.07) is 8.62. The quantitative estimate of drug-likeness (QED) is 0.430. The number of ether oxygens (including phenoxy) is 1. The number of non-ortho nitro benzene ring substituents is 1. The molecule has 0 fully saturated rings. The molecule has 1 N–H and O–H groups in total. The number of hydrogen-bond donors (Lipinski definition) is 1. The summed E-state index contributed by atoms with van der Waals surface area (Å²) in [5.41, 5.74) is -0.336. The molecule has 0 heterocycles. The fourth-order valence-corrected chi connectivity index (χ4v) is 2.61. The topological polar surface area (TPSA) is 98.5 Å². The Bertz CT molecular complexity index is 897. The molecule has 10 heteroatoms. The molecule has 0 aliphatic carbocycles. The zero-order chi connectivity index (χ0) is 21.6. The molecule has 0 aliphatic rings. The molecule has 2 aromatic rings. The van der Waals surface area contributed by atoms with Crippen LogP contribution >= 0.6 is 0 Å². The third kappa shape index (κ3) is 6.30. The lowest BCUT2D eigenvalue weighted by Gasteiger charge is -2.17. The Balaban J connectivity index is 2.09. The highest BCUT2D eigenvalue weighted by molar-refractivity contribution is 5.85. The van der Waals surface area contributed by atoms with Gasteiger partial charge in [-0.3, -0.25) is 14.9 Å². The molecule has 2 aromatic carbocycles. The fourth-order valence-electron chi connectivity index (χ4n) is 2.61. The van der Waals surface area contributed by atoms with Crippen LogP contribution in [-0.2, 0) is 33.3 Å². The minimum absolute atomic E-state index is 0.000994. The highest BCUT2D eigenvalue weighted by Gasteiger charge is 2.30. The van der Waals surface area contributed by atoms with Gasteiger partial charge in [0.15, 0.2) is 0 Å². The van der Waals surface area contributed by atoms with Gasteiger partial charge < -0.3 is 10.1 Å². The summed E-state index contributed by atoms with van der Waals surface area (Å²) in [4.78, 5) is 34.3. The lowest BCUT2D eigenvalue weighted by molar-refractivity contribution is -0.384. The van der Waals surface area contributed by atoms with Gasteiger partial charge in [-0.15, -0.1) is 0 Å². The number of carbonyl (C=O) groups excluding carboxylic acids is 2. The minimum Gasteiger partial charge on any atom is -0.467 e. The highest BCUT2D eigenvalue weighted by Crippen LogP contribution is 2.29. The van der Waals surface area contributed by atoms with E-state index in [1.807, 2.05) is 0 Å². The number of nitrogens with one attached hydrogen (secondary N) is 1. The summed E-state index contributed by atoms with van der Waals surface area (Å²) in [5, 5.41) is 13.1. The molecule has 1 amide bonds. The summed E-state index contributed by atoms with van der Waals surface area (Å²) in [6.07, 6.45) is -4.90. The van der Waals surface area contributed by atoms with E-state index >= 15 is 0 Å². The molecular formula is C19H17F3N2O5. The van der Waals surface area contributed by atoms with Crippen LogP contribution < -0.4 is 5.32 Å². The summed E-state index contributed by atoms with van der Waals surface area (Å²) in [7, 11) is 1.13. The second kappa shape index (κ2) is 9.18. The Labute approximate surface area is 163 Å². The van der Waals surface area contributed by atoms with E-state index in [2.05, 4.69) is 10.1 Å². The minimum atomic E-state index is -4.53. The molecule has 0 saturated heterocycles. The third-order valence-electron chi connectivity index (χ3n) is 4.03. The molecule has 0 unspecified atom stereocenters. The number of esters is 1. The van der Waals surface area contributed by atoms with Gasteiger partial charge in [0.05, 0.1) is 24.0 Å². The Morgan fingerprint density at radius 1 is 1.14 bits per heavy atom. The summed E-state index contributed by atoms with van der Waals surface area (Å²) in [6.45, 7) is 0. The van der Waals surface area contributed by atoms with Crippen LogP contribution in [0.15, 0.2) is 48.5 Å². The first-order valence-electron chi connectivity index (χ1n) is 8.37. The summed E-state index contributed by atoms with van der Waals surface area (Å²) < 4.78 is 43.0. The first kappa shape index (κ1) is 21.9. The van der Waals surface area contributed by atoms with E-state index in [9.17, 15) is 32.9 Å². The van der Waals surface area contributed by atoms with Gasteiger partial charge in [0, 0.05) is 18.6 Å². The second-order valence-corrected chi connectivity index (χ2v) is 6.15. The molecule has 29 heavy (non-hydrogen) atoms. The molecule has 1 atom stereocenters. The predicted octanol–water partition coefficient (Wildman–Crippen LogP) is 3.06. The van der Waals surface area contributed by atoms with E-state index in [1.54, 1.807) is 0 Å². The molecule has 0 saturated carbocycles. The molecule has 0 spiro atoms. The third-order valence-corrected chi connectivity index (χ3v) is 4.03. The van der Waals surface area contributed by atoms with Crippen molar-refractivity contribution in [2.75, 3.05) is 7.11 Å². The van der Waals surface area contributed by atoms with E-state index in [0.29, 0.717) is 5.56 Å². The van der Waals surface area contributed by atoms with E-state index in [0.717, 1.165) is 19.2 Å². The molecule has 7 nitrogen and oxygen atoms in total. The molecular weight excluding hydrogens is 393 g/mol. The lowest BCUT2D eigenvalue weighted by Crippen LogP contribution is -2.43. The van der Waals surface area contributed by atoms with Gasteiger partial charge in [0.2, 0.25) is 5.91 Å². The van der Waals surface area contributed by atoms with Crippen LogP contribution in [0.5, 0.6) is 0 Å². The van der Waals surface area contributed by atoms with Crippen LogP contribution in [0.25, 0.3) is 0 Å². The van der Waals surface area contributed by atoms with Gasteiger partial charge in [-0.1, -0.05) is 30.3 Å². The van der Waals surface area contributed by atoms with Crippen molar-refractivity contribution in [3.63, 3.8) is 0 Å². The lowest BCUT2D eigenvalue weighted by atomic mass is 10.0. The number of benzene rings is 2. The average Bonchev–Trinajstić information content (AvgIpc) is 2.66. The number of rotatable bonds is 7. The van der Waals surface area contributed by atoms with Crippen molar-refractivity contribution in [3.8, 4) is 0 Å². The number of nitrogens with zero attached hydrogens (tertiary/aromatic N) is 1. The number of nitro groups is 1. The van der Waals surface area contributed by atoms with Crippen molar-refractivity contribution in [2.24, 2.45) is 0 Å². The maximum absolute atomic E-state index is 12.8. The van der Waals surface area contributed by atoms with Gasteiger partial charge in [0.25, 0.3) is 5.69 Å². The van der Waals surface area contributed by atoms with E-state index in [1.165, 1.54) is 36.4 Å². The van der Waals surface area contributed by atoms with Crippen molar-refractivity contribution in [1.82, 2.24) is 5.32 Å². The number of hydrogen-bond acceptors (Lipinski definition) is 5. The van der Waals surface area contributed by atoms with Crippen LogP contribution in [0.3, 0.4) is 0 Å². The standard InChI is InChI=1S/C19H17F3N2O5/c1-29-18(26)16(10-12-5-7-15(8-6-12)24(27)28)23-17(25)11-13-3-2-4-14(9-13)19(20,21)22/h2-9,16H,10-11H2,1H3,(H,23,25)/t16-/m0/s1. The molecule has 0 bridgehead atoms. The van der Waals surface area contributed by atoms with Crippen LogP contribution in [0.1, 0.15) is 16.7 Å². The zero-order valence-corrected chi connectivity index (χ0v) is 15.2. The number of alkyl halides is 3. The van der Waals surface area contributed by atoms with Gasteiger partial charge in [-0.2, -0.15) is 13.2 Å². The van der Waals surface area contributed by atoms with Crippen LogP contribution in [0.4, 0.5) is 18.9 Å². The van der Waals surface area contributed by atoms with Gasteiger partial charge in [0.1, 0.15) is 6.04 Å². The van der Waals surface area contributed by atoms with Crippen molar-refractivity contribution >= 4 is 17.6 Å². The van der Waals surface area contributed by atoms with Crippen molar-refractivity contribution in [3.05, 3.63) is 75.3 Å².